The minimum absolute atomic E-state index is 0.0709. The van der Waals surface area contributed by atoms with Gasteiger partial charge < -0.3 is 0 Å². The van der Waals surface area contributed by atoms with Gasteiger partial charge in [-0.15, -0.1) is 0 Å². The maximum absolute atomic E-state index is 13.5. The van der Waals surface area contributed by atoms with Crippen molar-refractivity contribution in [2.24, 2.45) is 0 Å². The minimum Gasteiger partial charge on any atom is -0.294 e. The Labute approximate surface area is 172 Å². The first-order chi connectivity index (χ1) is 12.9. The molecule has 28 heavy (non-hydrogen) atoms. The Morgan fingerprint density at radius 1 is 1.04 bits per heavy atom. The molecule has 2 rings (SSSR count). The fraction of sp³-hybridized carbons (Fsp3) is 0.211. The highest BCUT2D eigenvalue weighted by Gasteiger charge is 2.39. The summed E-state index contributed by atoms with van der Waals surface area (Å²) in [5.74, 6) is -2.66. The lowest BCUT2D eigenvalue weighted by Crippen LogP contribution is -2.19. The molecule has 0 saturated carbocycles. The summed E-state index contributed by atoms with van der Waals surface area (Å²) in [5.41, 5.74) is -0.898. The van der Waals surface area contributed by atoms with Gasteiger partial charge in [0.1, 0.15) is 0 Å². The first-order valence-electron chi connectivity index (χ1n) is 7.74. The predicted octanol–water partition coefficient (Wildman–Crippen LogP) is 8.15. The number of hydrogen-bond donors (Lipinski definition) is 0. The number of allylic oxidation sites excluding steroid dienone is 1. The summed E-state index contributed by atoms with van der Waals surface area (Å²) in [6, 6.07) is 5.51. The van der Waals surface area contributed by atoms with Crippen LogP contribution >= 0.6 is 34.8 Å². The fourth-order valence-corrected chi connectivity index (χ4v) is 3.17. The zero-order valence-electron chi connectivity index (χ0n) is 14.1. The van der Waals surface area contributed by atoms with Gasteiger partial charge in [-0.3, -0.25) is 4.79 Å². The van der Waals surface area contributed by atoms with Gasteiger partial charge in [0, 0.05) is 11.1 Å². The van der Waals surface area contributed by atoms with Crippen molar-refractivity contribution in [3.05, 3.63) is 73.7 Å². The van der Waals surface area contributed by atoms with E-state index >= 15 is 0 Å². The molecule has 0 aliphatic rings. The summed E-state index contributed by atoms with van der Waals surface area (Å²) in [7, 11) is 0. The van der Waals surface area contributed by atoms with Crippen LogP contribution in [0.1, 0.15) is 46.3 Å². The summed E-state index contributed by atoms with van der Waals surface area (Å²) < 4.78 is 66.8. The average molecular weight is 458 g/mol. The maximum Gasteiger partial charge on any atom is 0.399 e. The lowest BCUT2D eigenvalue weighted by Gasteiger charge is -2.18. The van der Waals surface area contributed by atoms with Crippen molar-refractivity contribution in [2.45, 2.75) is 25.4 Å². The molecule has 0 fully saturated rings. The highest BCUT2D eigenvalue weighted by molar-refractivity contribution is 6.48. The highest BCUT2D eigenvalue weighted by Crippen LogP contribution is 2.41. The molecule has 0 radical (unpaired) electrons. The van der Waals surface area contributed by atoms with Crippen molar-refractivity contribution in [3.8, 4) is 0 Å². The monoisotopic (exact) mass is 456 g/mol. The van der Waals surface area contributed by atoms with E-state index in [2.05, 4.69) is 0 Å². The van der Waals surface area contributed by atoms with Gasteiger partial charge in [-0.05, 0) is 36.2 Å². The van der Waals surface area contributed by atoms with Crippen molar-refractivity contribution in [1.29, 1.82) is 0 Å². The maximum atomic E-state index is 13.5. The van der Waals surface area contributed by atoms with Crippen molar-refractivity contribution >= 4 is 46.7 Å². The molecule has 0 spiro atoms. The Balaban J connectivity index is 2.48. The highest BCUT2D eigenvalue weighted by atomic mass is 35.5. The Morgan fingerprint density at radius 3 is 2.07 bits per heavy atom. The topological polar surface area (TPSA) is 17.1 Å². The van der Waals surface area contributed by atoms with Crippen molar-refractivity contribution in [1.82, 2.24) is 0 Å². The molecule has 9 heteroatoms. The van der Waals surface area contributed by atoms with Crippen LogP contribution in [0.3, 0.4) is 0 Å². The van der Waals surface area contributed by atoms with Gasteiger partial charge in [0.25, 0.3) is 6.43 Å². The molecular formula is C19H12Cl3F5O. The van der Waals surface area contributed by atoms with E-state index in [1.165, 1.54) is 6.07 Å². The molecule has 0 bridgehead atoms. The summed E-state index contributed by atoms with van der Waals surface area (Å²) in [6.45, 7) is 1.13. The Bertz CT molecular complexity index is 899. The van der Waals surface area contributed by atoms with Crippen LogP contribution in [0.25, 0.3) is 6.08 Å². The SMILES string of the molecule is CC(=O)c1ccc(/C=C/C(c2cc(Cl)c(Cl)c(Cl)c2)C(F)(F)F)cc1C(F)F. The van der Waals surface area contributed by atoms with Gasteiger partial charge >= 0.3 is 6.18 Å². The number of alkyl halides is 5. The van der Waals surface area contributed by atoms with Crippen LogP contribution in [-0.4, -0.2) is 12.0 Å². The normalized spacial score (nSPS) is 13.4. The second-order valence-corrected chi connectivity index (χ2v) is 7.07. The Morgan fingerprint density at radius 2 is 1.61 bits per heavy atom. The molecule has 0 aromatic heterocycles. The largest absolute Gasteiger partial charge is 0.399 e. The molecule has 1 unspecified atom stereocenters. The molecular weight excluding hydrogens is 446 g/mol. The van der Waals surface area contributed by atoms with Gasteiger partial charge in [0.2, 0.25) is 0 Å². The van der Waals surface area contributed by atoms with Crippen LogP contribution in [0.5, 0.6) is 0 Å². The van der Waals surface area contributed by atoms with Crippen LogP contribution in [0.15, 0.2) is 36.4 Å². The fourth-order valence-electron chi connectivity index (χ4n) is 2.56. The summed E-state index contributed by atoms with van der Waals surface area (Å²) in [6.07, 6.45) is -5.79. The van der Waals surface area contributed by atoms with Gasteiger partial charge in [-0.1, -0.05) is 59.1 Å². The van der Waals surface area contributed by atoms with Crippen molar-refractivity contribution in [2.75, 3.05) is 0 Å². The molecule has 1 nitrogen and oxygen atoms in total. The zero-order chi connectivity index (χ0) is 21.2. The zero-order valence-corrected chi connectivity index (χ0v) is 16.4. The van der Waals surface area contributed by atoms with E-state index in [0.29, 0.717) is 0 Å². The first-order valence-corrected chi connectivity index (χ1v) is 8.87. The quantitative estimate of drug-likeness (QED) is 0.251. The molecule has 0 amide bonds. The van der Waals surface area contributed by atoms with E-state index in [1.807, 2.05) is 0 Å². The van der Waals surface area contributed by atoms with Crippen molar-refractivity contribution in [3.63, 3.8) is 0 Å². The van der Waals surface area contributed by atoms with E-state index < -0.39 is 29.9 Å². The van der Waals surface area contributed by atoms with Gasteiger partial charge in [-0.2, -0.15) is 13.2 Å². The number of hydrogen-bond acceptors (Lipinski definition) is 1. The van der Waals surface area contributed by atoms with Crippen LogP contribution in [-0.2, 0) is 0 Å². The van der Waals surface area contributed by atoms with Crippen LogP contribution in [0.4, 0.5) is 22.0 Å². The third kappa shape index (κ3) is 5.25. The van der Waals surface area contributed by atoms with Crippen molar-refractivity contribution < 1.29 is 26.7 Å². The van der Waals surface area contributed by atoms with E-state index in [-0.39, 0.29) is 31.8 Å². The van der Waals surface area contributed by atoms with E-state index in [9.17, 15) is 26.7 Å². The molecule has 2 aromatic rings. The second-order valence-electron chi connectivity index (χ2n) is 5.88. The second kappa shape index (κ2) is 8.80. The number of benzene rings is 2. The Hall–Kier alpha value is -1.63. The number of rotatable bonds is 5. The van der Waals surface area contributed by atoms with E-state index in [0.717, 1.165) is 43.3 Å². The summed E-state index contributed by atoms with van der Waals surface area (Å²) >= 11 is 17.4. The molecule has 0 N–H and O–H groups in total. The minimum atomic E-state index is -4.69. The Kier molecular flexibility index (Phi) is 7.12. The summed E-state index contributed by atoms with van der Waals surface area (Å²) in [4.78, 5) is 11.4. The number of ketones is 1. The van der Waals surface area contributed by atoms with Crippen LogP contribution in [0, 0.1) is 0 Å². The number of carbonyl (C=O) groups excluding carboxylic acids is 1. The predicted molar refractivity (Wildman–Crippen MR) is 101 cm³/mol. The molecule has 150 valence electrons. The molecule has 0 aliphatic heterocycles. The molecule has 1 atom stereocenters. The first kappa shape index (κ1) is 22.7. The average Bonchev–Trinajstić information content (AvgIpc) is 2.58. The third-order valence-electron chi connectivity index (χ3n) is 3.89. The third-order valence-corrected chi connectivity index (χ3v) is 5.09. The van der Waals surface area contributed by atoms with Gasteiger partial charge in [-0.25, -0.2) is 8.78 Å². The standard InChI is InChI=1S/C19H12Cl3F5O/c1-9(28)12-4-2-10(6-13(12)18(23)24)3-5-14(19(25,26)27)11-7-15(20)17(22)16(21)8-11/h2-8,14,18H,1H3/b5-3+. The number of Topliss-reactive ketones (excluding diaryl/α,β-unsaturated/α-hetero) is 1. The molecule has 2 aromatic carbocycles. The molecule has 0 heterocycles. The van der Waals surface area contributed by atoms with Gasteiger partial charge in [0.05, 0.1) is 21.0 Å². The number of halogens is 8. The summed E-state index contributed by atoms with van der Waals surface area (Å²) in [5, 5.41) is -0.353. The van der Waals surface area contributed by atoms with Crippen LogP contribution in [0.2, 0.25) is 15.1 Å². The van der Waals surface area contributed by atoms with E-state index in [1.54, 1.807) is 0 Å². The van der Waals surface area contributed by atoms with Crippen LogP contribution < -0.4 is 0 Å². The molecule has 0 saturated heterocycles. The van der Waals surface area contributed by atoms with Gasteiger partial charge in [0.15, 0.2) is 5.78 Å². The van der Waals surface area contributed by atoms with E-state index in [4.69, 9.17) is 34.8 Å². The molecule has 0 aliphatic carbocycles. The smallest absolute Gasteiger partial charge is 0.294 e. The lowest BCUT2D eigenvalue weighted by atomic mass is 9.96. The lowest BCUT2D eigenvalue weighted by molar-refractivity contribution is -0.139. The number of carbonyl (C=O) groups is 1.